The predicted octanol–water partition coefficient (Wildman–Crippen LogP) is 3.86. The number of carbonyl (C=O) groups excluding carboxylic acids is 1. The van der Waals surface area contributed by atoms with Gasteiger partial charge >= 0.3 is 0 Å². The molecule has 2 heterocycles. The van der Waals surface area contributed by atoms with Gasteiger partial charge in [-0.15, -0.1) is 0 Å². The standard InChI is InChI=1S/C27H40O5/c1-14-7-8-27(31-13-14)15(2)24-22(32-27)10-19-17-6-5-16-9-20(28)21(29)12-25(16,3)18(17)11-23(30)26(19,24)4/h11,14-17,19-22,24,28-29H,5-10,12-13H2,1-4H3/t14-,15-,16-,17-,19+,20+,21+,22-,24-,25-,26+,27+/m0/s1. The first-order valence-corrected chi connectivity index (χ1v) is 13.0. The van der Waals surface area contributed by atoms with Crippen molar-refractivity contribution in [3.8, 4) is 0 Å². The largest absolute Gasteiger partial charge is 0.390 e. The van der Waals surface area contributed by atoms with Crippen molar-refractivity contribution in [2.45, 2.75) is 96.7 Å². The van der Waals surface area contributed by atoms with Crippen molar-refractivity contribution >= 4 is 5.78 Å². The van der Waals surface area contributed by atoms with E-state index in [-0.39, 0.29) is 29.1 Å². The molecule has 0 aromatic carbocycles. The number of aliphatic hydroxyl groups excluding tert-OH is 2. The maximum atomic E-state index is 13.9. The van der Waals surface area contributed by atoms with Gasteiger partial charge in [-0.2, -0.15) is 0 Å². The number of aliphatic hydroxyl groups is 2. The molecule has 12 atom stereocenters. The van der Waals surface area contributed by atoms with Gasteiger partial charge in [0, 0.05) is 23.7 Å². The van der Waals surface area contributed by atoms with Crippen LogP contribution in [0, 0.1) is 46.3 Å². The Labute approximate surface area is 191 Å². The van der Waals surface area contributed by atoms with Gasteiger partial charge in [0.15, 0.2) is 11.6 Å². The van der Waals surface area contributed by atoms with E-state index in [1.165, 1.54) is 5.57 Å². The molecule has 0 aromatic rings. The molecule has 6 aliphatic rings. The number of fused-ring (bicyclic) bond motifs is 7. The van der Waals surface area contributed by atoms with Crippen molar-refractivity contribution in [1.29, 1.82) is 0 Å². The highest BCUT2D eigenvalue weighted by Gasteiger charge is 2.70. The van der Waals surface area contributed by atoms with E-state index >= 15 is 0 Å². The molecule has 32 heavy (non-hydrogen) atoms. The van der Waals surface area contributed by atoms with Gasteiger partial charge in [-0.1, -0.05) is 33.3 Å². The predicted molar refractivity (Wildman–Crippen MR) is 119 cm³/mol. The van der Waals surface area contributed by atoms with Crippen LogP contribution in [0.1, 0.15) is 72.6 Å². The third-order valence-corrected chi connectivity index (χ3v) is 11.2. The maximum Gasteiger partial charge on any atom is 0.171 e. The van der Waals surface area contributed by atoms with Gasteiger partial charge < -0.3 is 19.7 Å². The van der Waals surface area contributed by atoms with Crippen molar-refractivity contribution in [3.63, 3.8) is 0 Å². The fourth-order valence-electron chi connectivity index (χ4n) is 9.32. The number of hydrogen-bond donors (Lipinski definition) is 2. The van der Waals surface area contributed by atoms with Crippen LogP contribution in [0.3, 0.4) is 0 Å². The molecule has 6 rings (SSSR count). The lowest BCUT2D eigenvalue weighted by Gasteiger charge is -2.57. The van der Waals surface area contributed by atoms with Crippen LogP contribution in [0.2, 0.25) is 0 Å². The van der Waals surface area contributed by atoms with E-state index in [0.717, 1.165) is 38.7 Å². The summed E-state index contributed by atoms with van der Waals surface area (Å²) in [4.78, 5) is 13.9. The molecule has 0 unspecified atom stereocenters. The summed E-state index contributed by atoms with van der Waals surface area (Å²) in [7, 11) is 0. The molecular weight excluding hydrogens is 404 g/mol. The van der Waals surface area contributed by atoms with E-state index in [4.69, 9.17) is 9.47 Å². The fourth-order valence-corrected chi connectivity index (χ4v) is 9.32. The maximum absolute atomic E-state index is 13.9. The van der Waals surface area contributed by atoms with Gasteiger partial charge in [0.1, 0.15) is 0 Å². The van der Waals surface area contributed by atoms with E-state index in [2.05, 4.69) is 27.7 Å². The Balaban J connectivity index is 1.35. The summed E-state index contributed by atoms with van der Waals surface area (Å²) in [6, 6.07) is 0. The first kappa shape index (κ1) is 21.8. The van der Waals surface area contributed by atoms with Gasteiger partial charge in [0.25, 0.3) is 0 Å². The molecule has 2 saturated heterocycles. The Kier molecular flexibility index (Phi) is 4.69. The monoisotopic (exact) mass is 444 g/mol. The molecule has 1 spiro atoms. The third-order valence-electron chi connectivity index (χ3n) is 11.2. The summed E-state index contributed by atoms with van der Waals surface area (Å²) in [6.07, 6.45) is 7.09. The zero-order chi connectivity index (χ0) is 22.6. The molecule has 0 bridgehead atoms. The summed E-state index contributed by atoms with van der Waals surface area (Å²) < 4.78 is 13.1. The summed E-state index contributed by atoms with van der Waals surface area (Å²) >= 11 is 0. The van der Waals surface area contributed by atoms with Crippen LogP contribution >= 0.6 is 0 Å². The number of rotatable bonds is 0. The minimum atomic E-state index is -0.698. The molecule has 2 aliphatic heterocycles. The average Bonchev–Trinajstić information content (AvgIpc) is 3.19. The van der Waals surface area contributed by atoms with E-state index in [1.807, 2.05) is 6.08 Å². The Morgan fingerprint density at radius 1 is 1.06 bits per heavy atom. The highest BCUT2D eigenvalue weighted by Crippen LogP contribution is 2.69. The Morgan fingerprint density at radius 2 is 1.84 bits per heavy atom. The molecule has 0 radical (unpaired) electrons. The van der Waals surface area contributed by atoms with Crippen molar-refractivity contribution in [2.24, 2.45) is 46.3 Å². The van der Waals surface area contributed by atoms with Gasteiger partial charge in [-0.05, 0) is 73.7 Å². The molecule has 5 fully saturated rings. The number of ether oxygens (including phenoxy) is 2. The minimum Gasteiger partial charge on any atom is -0.390 e. The quantitative estimate of drug-likeness (QED) is 0.593. The second-order valence-corrected chi connectivity index (χ2v) is 12.7. The molecule has 2 N–H and O–H groups in total. The lowest BCUT2D eigenvalue weighted by atomic mass is 9.47. The summed E-state index contributed by atoms with van der Waals surface area (Å²) in [5.74, 6) is 1.77. The second-order valence-electron chi connectivity index (χ2n) is 12.7. The van der Waals surface area contributed by atoms with E-state index in [9.17, 15) is 15.0 Å². The number of ketones is 1. The SMILES string of the molecule is C[C@H]1CC[C@@]2(OC1)O[C@H]1C[C@@H]3[C@H]4CC[C@H]5C[C@@H](O)[C@H](O)C[C@]5(C)C4=CC(=O)[C@]3(C)[C@H]1[C@@H]2C. The van der Waals surface area contributed by atoms with Gasteiger partial charge in [-0.3, -0.25) is 4.79 Å². The summed E-state index contributed by atoms with van der Waals surface area (Å²) in [6.45, 7) is 9.70. The van der Waals surface area contributed by atoms with Gasteiger partial charge in [0.2, 0.25) is 0 Å². The zero-order valence-corrected chi connectivity index (χ0v) is 20.0. The van der Waals surface area contributed by atoms with Crippen LogP contribution in [-0.2, 0) is 14.3 Å². The van der Waals surface area contributed by atoms with Crippen molar-refractivity contribution < 1.29 is 24.5 Å². The van der Waals surface area contributed by atoms with Gasteiger partial charge in [0.05, 0.1) is 24.9 Å². The summed E-state index contributed by atoms with van der Waals surface area (Å²) in [5.41, 5.74) is 0.675. The molecule has 5 heteroatoms. The first-order valence-electron chi connectivity index (χ1n) is 13.0. The molecule has 3 saturated carbocycles. The topological polar surface area (TPSA) is 76.0 Å². The minimum absolute atomic E-state index is 0.0920. The summed E-state index contributed by atoms with van der Waals surface area (Å²) in [5, 5.41) is 20.8. The molecule has 5 nitrogen and oxygen atoms in total. The van der Waals surface area contributed by atoms with E-state index in [1.54, 1.807) is 0 Å². The van der Waals surface area contributed by atoms with Crippen LogP contribution in [0.4, 0.5) is 0 Å². The number of allylic oxidation sites excluding steroid dienone is 2. The average molecular weight is 445 g/mol. The lowest BCUT2D eigenvalue weighted by molar-refractivity contribution is -0.271. The lowest BCUT2D eigenvalue weighted by Crippen LogP contribution is -2.55. The van der Waals surface area contributed by atoms with Crippen molar-refractivity contribution in [2.75, 3.05) is 6.61 Å². The number of hydrogen-bond acceptors (Lipinski definition) is 5. The van der Waals surface area contributed by atoms with E-state index < -0.39 is 23.4 Å². The molecular formula is C27H40O5. The molecule has 4 aliphatic carbocycles. The van der Waals surface area contributed by atoms with Crippen LogP contribution in [-0.4, -0.2) is 46.7 Å². The smallest absolute Gasteiger partial charge is 0.171 e. The highest BCUT2D eigenvalue weighted by molar-refractivity contribution is 5.97. The zero-order valence-electron chi connectivity index (χ0n) is 20.0. The van der Waals surface area contributed by atoms with Crippen molar-refractivity contribution in [1.82, 2.24) is 0 Å². The Morgan fingerprint density at radius 3 is 2.56 bits per heavy atom. The fraction of sp³-hybridized carbons (Fsp3) is 0.889. The molecule has 0 aromatic heterocycles. The van der Waals surface area contributed by atoms with Crippen LogP contribution in [0.25, 0.3) is 0 Å². The normalized spacial score (nSPS) is 59.2. The first-order chi connectivity index (χ1) is 15.1. The molecule has 0 amide bonds. The second kappa shape index (κ2) is 6.90. The Hall–Kier alpha value is -0.750. The van der Waals surface area contributed by atoms with Crippen molar-refractivity contribution in [3.05, 3.63) is 11.6 Å². The van der Waals surface area contributed by atoms with Crippen LogP contribution in [0.15, 0.2) is 11.6 Å². The highest BCUT2D eigenvalue weighted by atomic mass is 16.7. The third kappa shape index (κ3) is 2.63. The number of carbonyl (C=O) groups is 1. The van der Waals surface area contributed by atoms with Gasteiger partial charge in [-0.25, -0.2) is 0 Å². The Bertz CT molecular complexity index is 843. The van der Waals surface area contributed by atoms with Crippen LogP contribution < -0.4 is 0 Å². The molecule has 178 valence electrons. The van der Waals surface area contributed by atoms with E-state index in [0.29, 0.717) is 36.5 Å². The van der Waals surface area contributed by atoms with Crippen LogP contribution in [0.5, 0.6) is 0 Å².